The zero-order chi connectivity index (χ0) is 28.8. The molecule has 0 atom stereocenters. The first-order valence-corrected chi connectivity index (χ1v) is 12.1. The number of alkyl halides is 3. The molecule has 5 rings (SSSR count). The second kappa shape index (κ2) is 9.88. The molecule has 0 aliphatic carbocycles. The number of aromatic carboxylic acids is 1. The van der Waals surface area contributed by atoms with Crippen LogP contribution in [0.3, 0.4) is 0 Å². The minimum atomic E-state index is -4.60. The number of nitrogens with zero attached hydrogens (tertiary/aromatic N) is 2. The number of carbonyl (C=O) groups excluding carboxylic acids is 1. The van der Waals surface area contributed by atoms with Crippen LogP contribution >= 0.6 is 0 Å². The van der Waals surface area contributed by atoms with Gasteiger partial charge in [-0.3, -0.25) is 14.7 Å². The molecular formula is C30H22F3N3O4. The first kappa shape index (κ1) is 26.5. The topological polar surface area (TPSA) is 103 Å². The lowest BCUT2D eigenvalue weighted by atomic mass is 10.0. The van der Waals surface area contributed by atoms with Gasteiger partial charge in [0.1, 0.15) is 5.75 Å². The number of carboxylic acid groups (broad SMARTS) is 1. The van der Waals surface area contributed by atoms with Gasteiger partial charge in [-0.2, -0.15) is 13.2 Å². The molecule has 3 aromatic carbocycles. The Morgan fingerprint density at radius 1 is 0.975 bits per heavy atom. The number of rotatable bonds is 5. The molecule has 10 heteroatoms. The third-order valence-electron chi connectivity index (χ3n) is 6.46. The molecule has 202 valence electrons. The maximum atomic E-state index is 13.6. The Morgan fingerprint density at radius 2 is 1.70 bits per heavy atom. The summed E-state index contributed by atoms with van der Waals surface area (Å²) in [5.74, 6) is -1.93. The molecule has 0 fully saturated rings. The van der Waals surface area contributed by atoms with E-state index in [4.69, 9.17) is 0 Å². The van der Waals surface area contributed by atoms with Gasteiger partial charge in [-0.05, 0) is 66.9 Å². The van der Waals surface area contributed by atoms with Crippen LogP contribution in [0.4, 0.5) is 30.2 Å². The molecule has 1 amide bonds. The molecule has 40 heavy (non-hydrogen) atoms. The van der Waals surface area contributed by atoms with Crippen molar-refractivity contribution >= 4 is 34.5 Å². The molecule has 1 aliphatic rings. The molecule has 4 aromatic rings. The SMILES string of the molecule is Cc1cc(C)cc(N2C(=O)/C(=C\Nc3cncc(-c4cccc(C(=O)O)c4)c3O)c3ccc(C(F)(F)F)cc32)c1. The summed E-state index contributed by atoms with van der Waals surface area (Å²) in [7, 11) is 0. The summed E-state index contributed by atoms with van der Waals surface area (Å²) in [4.78, 5) is 30.4. The van der Waals surface area contributed by atoms with Gasteiger partial charge in [0.05, 0.1) is 34.3 Å². The number of carboxylic acids is 1. The van der Waals surface area contributed by atoms with Crippen LogP contribution in [0.25, 0.3) is 16.7 Å². The monoisotopic (exact) mass is 545 g/mol. The standard InChI is InChI=1S/C30H22F3N3O4/c1-16-8-17(2)10-21(9-16)36-26-12-20(30(31,32)33)6-7-22(26)24(28(36)38)14-35-25-15-34-13-23(27(25)37)18-4-3-5-19(11-18)29(39)40/h3-15,35H,1-2H3,(H,34,37)(H,39,40)/b24-14-. The number of hydrogen-bond acceptors (Lipinski definition) is 5. The number of anilines is 3. The fourth-order valence-electron chi connectivity index (χ4n) is 4.68. The van der Waals surface area contributed by atoms with Gasteiger partial charge >= 0.3 is 12.1 Å². The largest absolute Gasteiger partial charge is 0.505 e. The Hall–Kier alpha value is -5.12. The second-order valence-electron chi connectivity index (χ2n) is 9.39. The first-order chi connectivity index (χ1) is 18.9. The number of aryl methyl sites for hydroxylation is 2. The number of fused-ring (bicyclic) bond motifs is 1. The molecule has 7 nitrogen and oxygen atoms in total. The van der Waals surface area contributed by atoms with E-state index in [9.17, 15) is 33.0 Å². The van der Waals surface area contributed by atoms with E-state index >= 15 is 0 Å². The molecule has 1 aromatic heterocycles. The van der Waals surface area contributed by atoms with E-state index in [1.165, 1.54) is 47.8 Å². The van der Waals surface area contributed by atoms with Gasteiger partial charge in [-0.1, -0.05) is 24.3 Å². The van der Waals surface area contributed by atoms with Crippen molar-refractivity contribution in [1.29, 1.82) is 0 Å². The smallest absolute Gasteiger partial charge is 0.416 e. The molecule has 2 heterocycles. The van der Waals surface area contributed by atoms with E-state index in [-0.39, 0.29) is 39.4 Å². The molecular weight excluding hydrogens is 523 g/mol. The molecule has 0 radical (unpaired) electrons. The highest BCUT2D eigenvalue weighted by atomic mass is 19.4. The Kier molecular flexibility index (Phi) is 6.54. The number of pyridine rings is 1. The summed E-state index contributed by atoms with van der Waals surface area (Å²) in [6.45, 7) is 3.66. The normalized spacial score (nSPS) is 14.0. The minimum Gasteiger partial charge on any atom is -0.505 e. The molecule has 1 aliphatic heterocycles. The molecule has 0 bridgehead atoms. The van der Waals surface area contributed by atoms with Crippen LogP contribution in [-0.4, -0.2) is 27.1 Å². The van der Waals surface area contributed by atoms with E-state index in [0.29, 0.717) is 11.3 Å². The number of hydrogen-bond donors (Lipinski definition) is 3. The van der Waals surface area contributed by atoms with Crippen LogP contribution < -0.4 is 10.2 Å². The quantitative estimate of drug-likeness (QED) is 0.235. The van der Waals surface area contributed by atoms with Gasteiger partial charge in [0.25, 0.3) is 5.91 Å². The van der Waals surface area contributed by atoms with Crippen molar-refractivity contribution in [2.24, 2.45) is 0 Å². The van der Waals surface area contributed by atoms with Crippen molar-refractivity contribution in [3.05, 3.63) is 107 Å². The highest BCUT2D eigenvalue weighted by molar-refractivity contribution is 6.35. The molecule has 0 saturated heterocycles. The zero-order valence-electron chi connectivity index (χ0n) is 21.2. The van der Waals surface area contributed by atoms with Crippen LogP contribution in [0.15, 0.2) is 79.3 Å². The molecule has 0 spiro atoms. The zero-order valence-corrected chi connectivity index (χ0v) is 21.2. The van der Waals surface area contributed by atoms with Gasteiger partial charge in [-0.15, -0.1) is 0 Å². The van der Waals surface area contributed by atoms with Crippen molar-refractivity contribution in [3.8, 4) is 16.9 Å². The van der Waals surface area contributed by atoms with E-state index in [2.05, 4.69) is 10.3 Å². The summed E-state index contributed by atoms with van der Waals surface area (Å²) in [5, 5.41) is 23.1. The number of aromatic nitrogens is 1. The van der Waals surface area contributed by atoms with Crippen molar-refractivity contribution in [3.63, 3.8) is 0 Å². The predicted molar refractivity (Wildman–Crippen MR) is 144 cm³/mol. The van der Waals surface area contributed by atoms with Crippen LogP contribution in [0.1, 0.15) is 32.6 Å². The Morgan fingerprint density at radius 3 is 2.38 bits per heavy atom. The van der Waals surface area contributed by atoms with Crippen LogP contribution in [0, 0.1) is 13.8 Å². The summed E-state index contributed by atoms with van der Waals surface area (Å²) < 4.78 is 40.7. The third-order valence-corrected chi connectivity index (χ3v) is 6.46. The molecule has 0 unspecified atom stereocenters. The minimum absolute atomic E-state index is 0.0234. The summed E-state index contributed by atoms with van der Waals surface area (Å²) in [6.07, 6.45) is -0.616. The van der Waals surface area contributed by atoms with Gasteiger partial charge in [-0.25, -0.2) is 4.79 Å². The maximum Gasteiger partial charge on any atom is 0.416 e. The van der Waals surface area contributed by atoms with Crippen molar-refractivity contribution in [2.75, 3.05) is 10.2 Å². The van der Waals surface area contributed by atoms with Crippen LogP contribution in [0.5, 0.6) is 5.75 Å². The number of benzene rings is 3. The first-order valence-electron chi connectivity index (χ1n) is 12.1. The predicted octanol–water partition coefficient (Wildman–Crippen LogP) is 6.92. The fourth-order valence-corrected chi connectivity index (χ4v) is 4.68. The summed E-state index contributed by atoms with van der Waals surface area (Å²) in [5.41, 5.74) is 2.45. The van der Waals surface area contributed by atoms with Crippen LogP contribution in [0.2, 0.25) is 0 Å². The van der Waals surface area contributed by atoms with E-state index in [1.54, 1.807) is 18.2 Å². The van der Waals surface area contributed by atoms with E-state index < -0.39 is 23.6 Å². The highest BCUT2D eigenvalue weighted by Crippen LogP contribution is 2.45. The number of nitrogens with one attached hydrogen (secondary N) is 1. The van der Waals surface area contributed by atoms with E-state index in [1.807, 2.05) is 19.9 Å². The highest BCUT2D eigenvalue weighted by Gasteiger charge is 2.38. The van der Waals surface area contributed by atoms with Gasteiger partial charge in [0.15, 0.2) is 0 Å². The van der Waals surface area contributed by atoms with Crippen molar-refractivity contribution < 1.29 is 33.0 Å². The average molecular weight is 546 g/mol. The van der Waals surface area contributed by atoms with Gasteiger partial charge < -0.3 is 15.5 Å². The lowest BCUT2D eigenvalue weighted by Crippen LogP contribution is -2.21. The van der Waals surface area contributed by atoms with Crippen molar-refractivity contribution in [2.45, 2.75) is 20.0 Å². The molecule has 3 N–H and O–H groups in total. The fraction of sp³-hybridized carbons (Fsp3) is 0.100. The molecule has 0 saturated carbocycles. The van der Waals surface area contributed by atoms with Crippen molar-refractivity contribution in [1.82, 2.24) is 4.98 Å². The third kappa shape index (κ3) is 4.86. The Labute approximate surface area is 226 Å². The number of carbonyl (C=O) groups is 2. The lowest BCUT2D eigenvalue weighted by Gasteiger charge is -2.19. The van der Waals surface area contributed by atoms with E-state index in [0.717, 1.165) is 23.3 Å². The van der Waals surface area contributed by atoms with Gasteiger partial charge in [0, 0.05) is 29.2 Å². The average Bonchev–Trinajstić information content (AvgIpc) is 3.17. The van der Waals surface area contributed by atoms with Crippen LogP contribution in [-0.2, 0) is 11.0 Å². The maximum absolute atomic E-state index is 13.6. The van der Waals surface area contributed by atoms with Gasteiger partial charge in [0.2, 0.25) is 0 Å². The Bertz CT molecular complexity index is 1690. The number of aromatic hydroxyl groups is 1. The lowest BCUT2D eigenvalue weighted by molar-refractivity contribution is -0.137. The number of halogens is 3. The number of amides is 1. The summed E-state index contributed by atoms with van der Waals surface area (Å²) >= 11 is 0. The second-order valence-corrected chi connectivity index (χ2v) is 9.39. The Balaban J connectivity index is 1.57. The summed E-state index contributed by atoms with van der Waals surface area (Å²) in [6, 6.07) is 14.4.